The average Bonchev–Trinajstić information content (AvgIpc) is 2.77. The number of rotatable bonds is 9. The highest BCUT2D eigenvalue weighted by atomic mass is 16.5. The molecule has 0 unspecified atom stereocenters. The van der Waals surface area contributed by atoms with Gasteiger partial charge in [0, 0.05) is 6.61 Å². The van der Waals surface area contributed by atoms with Gasteiger partial charge in [0.05, 0.1) is 19.6 Å². The molecule has 0 spiro atoms. The molecule has 5 heteroatoms. The summed E-state index contributed by atoms with van der Waals surface area (Å²) in [4.78, 5) is 11.6. The molecule has 0 bridgehead atoms. The molecule has 168 valence electrons. The Morgan fingerprint density at radius 3 is 2.31 bits per heavy atom. The third-order valence-corrected chi connectivity index (χ3v) is 5.34. The maximum Gasteiger partial charge on any atom is 0.308 e. The van der Waals surface area contributed by atoms with E-state index in [-0.39, 0.29) is 24.2 Å². The molecule has 0 aliphatic carbocycles. The smallest absolute Gasteiger partial charge is 0.308 e. The van der Waals surface area contributed by atoms with E-state index in [4.69, 9.17) is 14.2 Å². The second-order valence-corrected chi connectivity index (χ2v) is 7.74. The zero-order valence-corrected chi connectivity index (χ0v) is 19.1. The number of esters is 1. The Balaban J connectivity index is 1.70. The molecule has 3 rings (SSSR count). The van der Waals surface area contributed by atoms with Gasteiger partial charge in [-0.2, -0.15) is 0 Å². The Morgan fingerprint density at radius 1 is 1.00 bits per heavy atom. The van der Waals surface area contributed by atoms with Crippen LogP contribution in [-0.2, 0) is 20.9 Å². The van der Waals surface area contributed by atoms with Crippen LogP contribution in [-0.4, -0.2) is 24.8 Å². The lowest BCUT2D eigenvalue weighted by Gasteiger charge is -2.17. The van der Waals surface area contributed by atoms with E-state index in [9.17, 15) is 9.90 Å². The van der Waals surface area contributed by atoms with Crippen molar-refractivity contribution in [1.82, 2.24) is 0 Å². The summed E-state index contributed by atoms with van der Waals surface area (Å²) in [5, 5.41) is 9.82. The van der Waals surface area contributed by atoms with Crippen LogP contribution in [0.3, 0.4) is 0 Å². The third kappa shape index (κ3) is 5.89. The van der Waals surface area contributed by atoms with Crippen molar-refractivity contribution in [3.8, 4) is 22.6 Å². The largest absolute Gasteiger partial charge is 0.508 e. The van der Waals surface area contributed by atoms with Gasteiger partial charge in [0.15, 0.2) is 0 Å². The van der Waals surface area contributed by atoms with Crippen LogP contribution in [0.5, 0.6) is 11.5 Å². The van der Waals surface area contributed by atoms with E-state index in [1.54, 1.807) is 12.1 Å². The van der Waals surface area contributed by atoms with Crippen LogP contribution < -0.4 is 4.74 Å². The highest BCUT2D eigenvalue weighted by molar-refractivity contribution is 5.72. The van der Waals surface area contributed by atoms with E-state index in [1.165, 1.54) is 7.11 Å². The van der Waals surface area contributed by atoms with Crippen molar-refractivity contribution in [2.45, 2.75) is 39.9 Å². The molecule has 0 saturated heterocycles. The molecule has 0 amide bonds. The number of methoxy groups -OCH3 is 1. The molecule has 0 heterocycles. The number of phenolic OH excluding ortho intramolecular Hbond substituents is 1. The molecule has 5 nitrogen and oxygen atoms in total. The minimum absolute atomic E-state index is 0.174. The second kappa shape index (κ2) is 10.8. The summed E-state index contributed by atoms with van der Waals surface area (Å²) < 4.78 is 16.4. The van der Waals surface area contributed by atoms with Crippen molar-refractivity contribution in [1.29, 1.82) is 0 Å². The van der Waals surface area contributed by atoms with E-state index in [0.29, 0.717) is 13.2 Å². The molecular weight excluding hydrogens is 404 g/mol. The van der Waals surface area contributed by atoms with Crippen molar-refractivity contribution in [3.05, 3.63) is 82.9 Å². The molecule has 1 N–H and O–H groups in total. The van der Waals surface area contributed by atoms with Crippen molar-refractivity contribution >= 4 is 5.97 Å². The minimum atomic E-state index is -0.338. The van der Waals surface area contributed by atoms with Gasteiger partial charge < -0.3 is 19.3 Å². The van der Waals surface area contributed by atoms with Crippen LogP contribution in [0.4, 0.5) is 0 Å². The molecule has 32 heavy (non-hydrogen) atoms. The minimum Gasteiger partial charge on any atom is -0.508 e. The zero-order chi connectivity index (χ0) is 23.1. The standard InChI is InChI=1S/C27H30O5/c1-5-31-25(16-26(29)30-4)21-9-11-24(12-10-21)32-17-20-7-6-8-22(15-20)27-18(2)13-23(28)14-19(27)3/h6-15,25,28H,5,16-17H2,1-4H3/t25-/m0/s1. The Morgan fingerprint density at radius 2 is 1.69 bits per heavy atom. The van der Waals surface area contributed by atoms with Gasteiger partial charge in [-0.05, 0) is 84.5 Å². The number of carbonyl (C=O) groups is 1. The number of benzene rings is 3. The molecule has 0 aliphatic heterocycles. The summed E-state index contributed by atoms with van der Waals surface area (Å²) in [6.45, 7) is 6.85. The molecule has 1 atom stereocenters. The maximum atomic E-state index is 11.6. The van der Waals surface area contributed by atoms with Crippen LogP contribution in [0.15, 0.2) is 60.7 Å². The lowest BCUT2D eigenvalue weighted by Crippen LogP contribution is -2.11. The van der Waals surface area contributed by atoms with Crippen LogP contribution >= 0.6 is 0 Å². The van der Waals surface area contributed by atoms with Crippen LogP contribution in [0, 0.1) is 13.8 Å². The van der Waals surface area contributed by atoms with Crippen LogP contribution in [0.1, 0.15) is 41.7 Å². The average molecular weight is 435 g/mol. The molecule has 3 aromatic rings. The number of ether oxygens (including phenoxy) is 3. The number of carbonyl (C=O) groups excluding carboxylic acids is 1. The molecule has 0 fully saturated rings. The van der Waals surface area contributed by atoms with Crippen molar-refractivity contribution in [3.63, 3.8) is 0 Å². The van der Waals surface area contributed by atoms with Crippen molar-refractivity contribution in [2.75, 3.05) is 13.7 Å². The zero-order valence-electron chi connectivity index (χ0n) is 19.1. The van der Waals surface area contributed by atoms with Gasteiger partial charge in [-0.25, -0.2) is 0 Å². The number of phenols is 1. The Bertz CT molecular complexity index is 1030. The van der Waals surface area contributed by atoms with E-state index in [2.05, 4.69) is 12.1 Å². The molecule has 0 radical (unpaired) electrons. The first-order chi connectivity index (χ1) is 15.4. The lowest BCUT2D eigenvalue weighted by atomic mass is 9.94. The van der Waals surface area contributed by atoms with E-state index < -0.39 is 0 Å². The summed E-state index contributed by atoms with van der Waals surface area (Å²) in [5.41, 5.74) is 6.25. The molecule has 3 aromatic carbocycles. The summed E-state index contributed by atoms with van der Waals surface area (Å²) in [6, 6.07) is 19.4. The van der Waals surface area contributed by atoms with Gasteiger partial charge in [0.1, 0.15) is 18.1 Å². The molecule has 0 aromatic heterocycles. The van der Waals surface area contributed by atoms with E-state index >= 15 is 0 Å². The van der Waals surface area contributed by atoms with E-state index in [0.717, 1.165) is 39.1 Å². The summed E-state index contributed by atoms with van der Waals surface area (Å²) in [5.74, 6) is 0.720. The highest BCUT2D eigenvalue weighted by Crippen LogP contribution is 2.31. The van der Waals surface area contributed by atoms with Gasteiger partial charge in [-0.15, -0.1) is 0 Å². The number of aromatic hydroxyl groups is 1. The van der Waals surface area contributed by atoms with Gasteiger partial charge in [0.25, 0.3) is 0 Å². The maximum absolute atomic E-state index is 11.6. The topological polar surface area (TPSA) is 65.0 Å². The summed E-state index contributed by atoms with van der Waals surface area (Å²) in [7, 11) is 1.38. The van der Waals surface area contributed by atoms with Gasteiger partial charge >= 0.3 is 5.97 Å². The Hall–Kier alpha value is -3.31. The molecular formula is C27H30O5. The SMILES string of the molecule is CCO[C@@H](CC(=O)OC)c1ccc(OCc2cccc(-c3c(C)cc(O)cc3C)c2)cc1. The van der Waals surface area contributed by atoms with Gasteiger partial charge in [0.2, 0.25) is 0 Å². The summed E-state index contributed by atoms with van der Waals surface area (Å²) in [6.07, 6.45) is -0.164. The lowest BCUT2D eigenvalue weighted by molar-refractivity contribution is -0.143. The summed E-state index contributed by atoms with van der Waals surface area (Å²) >= 11 is 0. The first-order valence-electron chi connectivity index (χ1n) is 10.7. The third-order valence-electron chi connectivity index (χ3n) is 5.34. The number of hydrogen-bond donors (Lipinski definition) is 1. The number of aryl methyl sites for hydroxylation is 2. The quantitative estimate of drug-likeness (QED) is 0.425. The molecule has 0 aliphatic rings. The Labute approximate surface area is 189 Å². The van der Waals surface area contributed by atoms with Gasteiger partial charge in [-0.3, -0.25) is 4.79 Å². The monoisotopic (exact) mass is 434 g/mol. The highest BCUT2D eigenvalue weighted by Gasteiger charge is 2.17. The number of hydrogen-bond acceptors (Lipinski definition) is 5. The van der Waals surface area contributed by atoms with Crippen molar-refractivity contribution in [2.24, 2.45) is 0 Å². The van der Waals surface area contributed by atoms with E-state index in [1.807, 2.05) is 57.2 Å². The fraction of sp³-hybridized carbons (Fsp3) is 0.296. The first kappa shape index (κ1) is 23.4. The van der Waals surface area contributed by atoms with Crippen LogP contribution in [0.25, 0.3) is 11.1 Å². The predicted molar refractivity (Wildman–Crippen MR) is 125 cm³/mol. The fourth-order valence-electron chi connectivity index (χ4n) is 3.87. The fourth-order valence-corrected chi connectivity index (χ4v) is 3.87. The Kier molecular flexibility index (Phi) is 7.90. The normalized spacial score (nSPS) is 11.8. The second-order valence-electron chi connectivity index (χ2n) is 7.74. The molecule has 0 saturated carbocycles. The predicted octanol–water partition coefficient (Wildman–Crippen LogP) is 5.90. The van der Waals surface area contributed by atoms with Gasteiger partial charge in [-0.1, -0.05) is 30.3 Å². The van der Waals surface area contributed by atoms with Crippen molar-refractivity contribution < 1.29 is 24.1 Å². The first-order valence-corrected chi connectivity index (χ1v) is 10.7. The van der Waals surface area contributed by atoms with Crippen LogP contribution in [0.2, 0.25) is 0 Å².